The van der Waals surface area contributed by atoms with E-state index >= 15 is 0 Å². The van der Waals surface area contributed by atoms with E-state index in [4.69, 9.17) is 0 Å². The molecule has 3 rings (SSSR count). The molecule has 0 saturated carbocycles. The van der Waals surface area contributed by atoms with Crippen LogP contribution in [0.1, 0.15) is 12.5 Å². The highest BCUT2D eigenvalue weighted by Gasteiger charge is 2.34. The number of aromatic nitrogens is 3. The highest BCUT2D eigenvalue weighted by molar-refractivity contribution is 7.95. The SMILES string of the molecule is C=[n+]1cc(C)cc2[n-]c(=C3[N-]C=C(C(F)(F)F)C=C3S(=O)(=O)CC)[n+](C)c21.O. The molecule has 11 heteroatoms. The van der Waals surface area contributed by atoms with Gasteiger partial charge in [-0.15, -0.1) is 0 Å². The first-order chi connectivity index (χ1) is 12.5. The molecule has 0 saturated heterocycles. The lowest BCUT2D eigenvalue weighted by molar-refractivity contribution is -0.709. The first-order valence-electron chi connectivity index (χ1n) is 7.95. The molecule has 2 aromatic heterocycles. The molecule has 1 aliphatic heterocycles. The highest BCUT2D eigenvalue weighted by atomic mass is 32.2. The zero-order valence-corrected chi connectivity index (χ0v) is 16.2. The zero-order valence-electron chi connectivity index (χ0n) is 15.4. The molecule has 0 atom stereocenters. The highest BCUT2D eigenvalue weighted by Crippen LogP contribution is 2.37. The second kappa shape index (κ2) is 7.06. The van der Waals surface area contributed by atoms with Gasteiger partial charge in [0.15, 0.2) is 9.84 Å². The van der Waals surface area contributed by atoms with E-state index in [-0.39, 0.29) is 22.4 Å². The van der Waals surface area contributed by atoms with Crippen molar-refractivity contribution >= 4 is 26.7 Å². The molecular weight excluding hydrogens is 397 g/mol. The molecule has 0 amide bonds. The van der Waals surface area contributed by atoms with Crippen molar-refractivity contribution in [1.82, 2.24) is 4.98 Å². The summed E-state index contributed by atoms with van der Waals surface area (Å²) in [6, 6.07) is 1.78. The van der Waals surface area contributed by atoms with Gasteiger partial charge >= 0.3 is 6.18 Å². The largest absolute Gasteiger partial charge is 0.657 e. The fraction of sp³-hybridized carbons (Fsp3) is 0.294. The molecule has 1 aliphatic rings. The predicted octanol–water partition coefficient (Wildman–Crippen LogP) is 0.293. The minimum absolute atomic E-state index is 0. The van der Waals surface area contributed by atoms with Crippen LogP contribution in [0.4, 0.5) is 13.2 Å². The van der Waals surface area contributed by atoms with Gasteiger partial charge in [0.2, 0.25) is 11.0 Å². The second-order valence-electron chi connectivity index (χ2n) is 6.16. The molecule has 0 spiro atoms. The van der Waals surface area contributed by atoms with Crippen LogP contribution in [0.25, 0.3) is 22.2 Å². The van der Waals surface area contributed by atoms with Gasteiger partial charge < -0.3 is 10.8 Å². The lowest BCUT2D eigenvalue weighted by Gasteiger charge is -2.28. The second-order valence-corrected chi connectivity index (χ2v) is 8.41. The molecule has 0 fully saturated rings. The van der Waals surface area contributed by atoms with Crippen LogP contribution in [-0.4, -0.2) is 25.8 Å². The number of imidazole rings is 1. The minimum Gasteiger partial charge on any atom is -0.657 e. The van der Waals surface area contributed by atoms with E-state index in [0.717, 1.165) is 5.56 Å². The van der Waals surface area contributed by atoms with Gasteiger partial charge in [-0.05, 0) is 30.3 Å². The molecule has 152 valence electrons. The molecule has 0 aliphatic carbocycles. The van der Waals surface area contributed by atoms with Crippen molar-refractivity contribution in [3.05, 3.63) is 58.1 Å². The normalized spacial score (nSPS) is 16.9. The lowest BCUT2D eigenvalue weighted by atomic mass is 10.2. The summed E-state index contributed by atoms with van der Waals surface area (Å²) in [7, 11) is -2.34. The van der Waals surface area contributed by atoms with E-state index in [1.54, 1.807) is 28.1 Å². The van der Waals surface area contributed by atoms with E-state index in [1.807, 2.05) is 6.92 Å². The molecule has 28 heavy (non-hydrogen) atoms. The molecule has 2 N–H and O–H groups in total. The Morgan fingerprint density at radius 2 is 1.93 bits per heavy atom. The lowest BCUT2D eigenvalue weighted by Crippen LogP contribution is -2.50. The number of rotatable bonds is 2. The number of hydrogen-bond acceptors (Lipinski definition) is 2. The summed E-state index contributed by atoms with van der Waals surface area (Å²) < 4.78 is 67.3. The van der Waals surface area contributed by atoms with Gasteiger partial charge in [0.05, 0.1) is 23.9 Å². The van der Waals surface area contributed by atoms with E-state index in [9.17, 15) is 21.6 Å². The van der Waals surface area contributed by atoms with Crippen molar-refractivity contribution in [3.63, 3.8) is 0 Å². The third-order valence-electron chi connectivity index (χ3n) is 4.19. The number of allylic oxidation sites excluding steroid dienone is 2. The minimum atomic E-state index is -4.70. The Kier molecular flexibility index (Phi) is 5.46. The quantitative estimate of drug-likeness (QED) is 0.658. The summed E-state index contributed by atoms with van der Waals surface area (Å²) in [5, 5.41) is 3.83. The zero-order chi connectivity index (χ0) is 20.1. The first-order valence-corrected chi connectivity index (χ1v) is 9.61. The molecule has 0 unspecified atom stereocenters. The average molecular weight is 416 g/mol. The first kappa shape index (κ1) is 21.6. The van der Waals surface area contributed by atoms with Gasteiger partial charge in [-0.25, -0.2) is 17.2 Å². The van der Waals surface area contributed by atoms with Crippen LogP contribution in [-0.2, 0) is 16.9 Å². The van der Waals surface area contributed by atoms with Crippen LogP contribution >= 0.6 is 0 Å². The molecular formula is C17H19F3N4O3S. The maximum atomic E-state index is 13.1. The third kappa shape index (κ3) is 3.54. The van der Waals surface area contributed by atoms with Crippen LogP contribution in [0.3, 0.4) is 0 Å². The molecule has 2 aromatic rings. The number of pyridine rings is 1. The summed E-state index contributed by atoms with van der Waals surface area (Å²) in [4.78, 5) is 3.90. The summed E-state index contributed by atoms with van der Waals surface area (Å²) in [5.74, 6) is -0.360. The van der Waals surface area contributed by atoms with Gasteiger partial charge in [0.1, 0.15) is 0 Å². The van der Waals surface area contributed by atoms with Gasteiger partial charge in [0.25, 0.3) is 5.65 Å². The molecule has 0 radical (unpaired) electrons. The van der Waals surface area contributed by atoms with Crippen molar-refractivity contribution in [2.45, 2.75) is 20.0 Å². The van der Waals surface area contributed by atoms with Crippen molar-refractivity contribution in [3.8, 4) is 0 Å². The van der Waals surface area contributed by atoms with Crippen LogP contribution in [0.2, 0.25) is 0 Å². The Morgan fingerprint density at radius 3 is 2.50 bits per heavy atom. The predicted molar refractivity (Wildman–Crippen MR) is 95.8 cm³/mol. The topological polar surface area (TPSA) is 104 Å². The standard InChI is InChI=1S/C17H17F3N4O2S.H2O/c1-5-27(25,26)13-7-11(17(18,19)20)8-21-14(13)15-22-12-6-10(2)9-23(3)16(12)24(15)4;/h6-9H,3,5H2,1-2,4H3;1H2. The van der Waals surface area contributed by atoms with E-state index < -0.39 is 26.5 Å². The summed E-state index contributed by atoms with van der Waals surface area (Å²) in [6.45, 7) is 7.09. The Bertz CT molecular complexity index is 1230. The van der Waals surface area contributed by atoms with Gasteiger partial charge in [0, 0.05) is 12.3 Å². The van der Waals surface area contributed by atoms with E-state index in [1.165, 1.54) is 6.92 Å². The summed E-state index contributed by atoms with van der Waals surface area (Å²) in [5.41, 5.74) is 0.889. The smallest absolute Gasteiger partial charge is 0.414 e. The molecule has 0 bridgehead atoms. The number of aryl methyl sites for hydroxylation is 2. The Hall–Kier alpha value is -2.66. The fourth-order valence-electron chi connectivity index (χ4n) is 2.88. The van der Waals surface area contributed by atoms with Gasteiger partial charge in [-0.3, -0.25) is 0 Å². The van der Waals surface area contributed by atoms with Crippen molar-refractivity contribution in [2.75, 3.05) is 5.75 Å². The van der Waals surface area contributed by atoms with Crippen molar-refractivity contribution in [1.29, 1.82) is 0 Å². The van der Waals surface area contributed by atoms with Crippen LogP contribution < -0.4 is 19.3 Å². The van der Waals surface area contributed by atoms with Crippen molar-refractivity contribution in [2.24, 2.45) is 7.05 Å². The van der Waals surface area contributed by atoms with Gasteiger partial charge in [-0.2, -0.15) is 19.4 Å². The molecule has 3 heterocycles. The van der Waals surface area contributed by atoms with E-state index in [2.05, 4.69) is 17.0 Å². The number of fused-ring (bicyclic) bond motifs is 1. The molecule has 0 aromatic carbocycles. The maximum absolute atomic E-state index is 13.1. The molecule has 7 nitrogen and oxygen atoms in total. The van der Waals surface area contributed by atoms with Crippen LogP contribution in [0, 0.1) is 13.6 Å². The average Bonchev–Trinajstić information content (AvgIpc) is 2.90. The van der Waals surface area contributed by atoms with Gasteiger partial charge in [-0.1, -0.05) is 11.9 Å². The third-order valence-corrected chi connectivity index (χ3v) is 5.94. The Morgan fingerprint density at radius 1 is 1.29 bits per heavy atom. The number of alkyl halides is 3. The monoisotopic (exact) mass is 416 g/mol. The fourth-order valence-corrected chi connectivity index (χ4v) is 3.94. The number of nitrogens with zero attached hydrogens (tertiary/aromatic N) is 4. The Balaban J connectivity index is 0.00000280. The number of hydrogen-bond donors (Lipinski definition) is 0. The van der Waals surface area contributed by atoms with Crippen LogP contribution in [0.5, 0.6) is 0 Å². The maximum Gasteiger partial charge on any atom is 0.414 e. The Labute approximate surface area is 159 Å². The number of halogens is 3. The van der Waals surface area contributed by atoms with E-state index in [0.29, 0.717) is 23.4 Å². The van der Waals surface area contributed by atoms with Crippen molar-refractivity contribution < 1.29 is 35.9 Å². The summed E-state index contributed by atoms with van der Waals surface area (Å²) >= 11 is 0. The summed E-state index contributed by atoms with van der Waals surface area (Å²) in [6.07, 6.45) is -1.71. The number of sulfone groups is 1. The van der Waals surface area contributed by atoms with Crippen LogP contribution in [0.15, 0.2) is 35.0 Å².